The predicted octanol–water partition coefficient (Wildman–Crippen LogP) is 3.22. The fraction of sp³-hybridized carbons (Fsp3) is 0.294. The van der Waals surface area contributed by atoms with Crippen LogP contribution in [0.3, 0.4) is 0 Å². The van der Waals surface area contributed by atoms with Crippen molar-refractivity contribution in [2.45, 2.75) is 18.8 Å². The molecule has 2 nitrogen and oxygen atoms in total. The van der Waals surface area contributed by atoms with E-state index in [1.165, 1.54) is 5.56 Å². The molecule has 0 spiro atoms. The third-order valence-corrected chi connectivity index (χ3v) is 4.33. The fourth-order valence-electron chi connectivity index (χ4n) is 2.44. The van der Waals surface area contributed by atoms with E-state index in [0.29, 0.717) is 6.42 Å². The lowest BCUT2D eigenvalue weighted by Gasteiger charge is -2.31. The summed E-state index contributed by atoms with van der Waals surface area (Å²) in [5.41, 5.74) is 2.61. The second kappa shape index (κ2) is 6.53. The third-order valence-electron chi connectivity index (χ3n) is 3.83. The maximum atomic E-state index is 9.90. The Balaban J connectivity index is 2.42. The molecule has 0 fully saturated rings. The summed E-state index contributed by atoms with van der Waals surface area (Å²) < 4.78 is 0.950. The van der Waals surface area contributed by atoms with Crippen molar-refractivity contribution >= 4 is 15.9 Å². The first kappa shape index (κ1) is 15.2. The molecule has 2 rings (SSSR count). The Morgan fingerprint density at radius 3 is 2.30 bits per heavy atom. The zero-order valence-corrected chi connectivity index (χ0v) is 13.1. The van der Waals surface area contributed by atoms with E-state index in [1.807, 2.05) is 42.5 Å². The maximum Gasteiger partial charge on any atom is 0.0553 e. The number of aliphatic hydroxyl groups is 2. The maximum absolute atomic E-state index is 9.90. The van der Waals surface area contributed by atoms with E-state index < -0.39 is 5.41 Å². The van der Waals surface area contributed by atoms with Crippen LogP contribution in [0.1, 0.15) is 16.7 Å². The van der Waals surface area contributed by atoms with Gasteiger partial charge >= 0.3 is 0 Å². The van der Waals surface area contributed by atoms with E-state index in [-0.39, 0.29) is 13.2 Å². The van der Waals surface area contributed by atoms with Gasteiger partial charge in [-0.25, -0.2) is 0 Å². The van der Waals surface area contributed by atoms with Gasteiger partial charge in [0.1, 0.15) is 0 Å². The van der Waals surface area contributed by atoms with Crippen molar-refractivity contribution in [3.63, 3.8) is 0 Å². The van der Waals surface area contributed by atoms with Crippen molar-refractivity contribution in [2.24, 2.45) is 0 Å². The highest BCUT2D eigenvalue weighted by Crippen LogP contribution is 2.30. The number of halogens is 1. The standard InChI is InChI=1S/C17H19BrO2/c1-13-5-2-3-6-14(13)10-17(11-19,12-20)15-7-4-8-16(18)9-15/h2-9,19-20H,10-12H2,1H3. The van der Waals surface area contributed by atoms with Crippen LogP contribution >= 0.6 is 15.9 Å². The molecule has 0 saturated carbocycles. The van der Waals surface area contributed by atoms with E-state index in [9.17, 15) is 10.2 Å². The lowest BCUT2D eigenvalue weighted by atomic mass is 9.76. The molecule has 0 saturated heterocycles. The Bertz CT molecular complexity index is 577. The topological polar surface area (TPSA) is 40.5 Å². The minimum atomic E-state index is -0.657. The number of hydrogen-bond acceptors (Lipinski definition) is 2. The normalized spacial score (nSPS) is 11.6. The van der Waals surface area contributed by atoms with Crippen molar-refractivity contribution < 1.29 is 10.2 Å². The summed E-state index contributed by atoms with van der Waals surface area (Å²) in [7, 11) is 0. The first-order valence-electron chi connectivity index (χ1n) is 6.63. The van der Waals surface area contributed by atoms with Crippen LogP contribution < -0.4 is 0 Å². The van der Waals surface area contributed by atoms with Gasteiger partial charge in [-0.2, -0.15) is 0 Å². The van der Waals surface area contributed by atoms with Crippen molar-refractivity contribution in [3.8, 4) is 0 Å². The van der Waals surface area contributed by atoms with Gasteiger partial charge in [0, 0.05) is 9.89 Å². The molecule has 2 aromatic rings. The molecule has 2 N–H and O–H groups in total. The van der Waals surface area contributed by atoms with Crippen molar-refractivity contribution in [1.29, 1.82) is 0 Å². The zero-order chi connectivity index (χ0) is 14.6. The summed E-state index contributed by atoms with van der Waals surface area (Å²) in [4.78, 5) is 0. The smallest absolute Gasteiger partial charge is 0.0553 e. The average Bonchev–Trinajstić information content (AvgIpc) is 2.47. The van der Waals surface area contributed by atoms with Gasteiger partial charge < -0.3 is 10.2 Å². The molecule has 0 aliphatic rings. The molecule has 0 aliphatic heterocycles. The second-order valence-corrected chi connectivity index (χ2v) is 6.13. The molecule has 0 aromatic heterocycles. The predicted molar refractivity (Wildman–Crippen MR) is 84.9 cm³/mol. The van der Waals surface area contributed by atoms with Crippen LogP contribution in [0.4, 0.5) is 0 Å². The molecule has 106 valence electrons. The van der Waals surface area contributed by atoms with Crippen LogP contribution in [0.15, 0.2) is 53.0 Å². The van der Waals surface area contributed by atoms with Crippen LogP contribution in [-0.2, 0) is 11.8 Å². The summed E-state index contributed by atoms with van der Waals surface area (Å²) in [6, 6.07) is 15.9. The van der Waals surface area contributed by atoms with Gasteiger partial charge in [0.05, 0.1) is 13.2 Å². The van der Waals surface area contributed by atoms with Crippen LogP contribution in [0.2, 0.25) is 0 Å². The fourth-order valence-corrected chi connectivity index (χ4v) is 2.84. The van der Waals surface area contributed by atoms with E-state index in [1.54, 1.807) is 0 Å². The molecule has 0 bridgehead atoms. The molecule has 0 amide bonds. The molecular formula is C17H19BrO2. The number of aryl methyl sites for hydroxylation is 1. The van der Waals surface area contributed by atoms with Crippen molar-refractivity contribution in [1.82, 2.24) is 0 Å². The van der Waals surface area contributed by atoms with Crippen molar-refractivity contribution in [2.75, 3.05) is 13.2 Å². The summed E-state index contributed by atoms with van der Waals surface area (Å²) in [5, 5.41) is 19.8. The van der Waals surface area contributed by atoms with Crippen LogP contribution in [0, 0.1) is 6.92 Å². The van der Waals surface area contributed by atoms with Gasteiger partial charge in [-0.15, -0.1) is 0 Å². The number of rotatable bonds is 5. The molecule has 20 heavy (non-hydrogen) atoms. The SMILES string of the molecule is Cc1ccccc1CC(CO)(CO)c1cccc(Br)c1. The van der Waals surface area contributed by atoms with Gasteiger partial charge in [0.25, 0.3) is 0 Å². The summed E-state index contributed by atoms with van der Waals surface area (Å²) in [5.74, 6) is 0. The Labute approximate surface area is 128 Å². The van der Waals surface area contributed by atoms with Crippen LogP contribution in [0.5, 0.6) is 0 Å². The lowest BCUT2D eigenvalue weighted by Crippen LogP contribution is -2.37. The van der Waals surface area contributed by atoms with E-state index in [4.69, 9.17) is 0 Å². The molecule has 0 heterocycles. The van der Waals surface area contributed by atoms with Crippen molar-refractivity contribution in [3.05, 3.63) is 69.7 Å². The van der Waals surface area contributed by atoms with E-state index >= 15 is 0 Å². The largest absolute Gasteiger partial charge is 0.395 e. The summed E-state index contributed by atoms with van der Waals surface area (Å²) >= 11 is 3.45. The molecule has 0 aliphatic carbocycles. The van der Waals surface area contributed by atoms with Crippen LogP contribution in [0.25, 0.3) is 0 Å². The van der Waals surface area contributed by atoms with E-state index in [2.05, 4.69) is 28.9 Å². The lowest BCUT2D eigenvalue weighted by molar-refractivity contribution is 0.116. The quantitative estimate of drug-likeness (QED) is 0.881. The minimum absolute atomic E-state index is 0.0890. The Hall–Kier alpha value is -1.16. The van der Waals surface area contributed by atoms with Crippen LogP contribution in [-0.4, -0.2) is 23.4 Å². The van der Waals surface area contributed by atoms with Gasteiger partial charge in [-0.05, 0) is 42.2 Å². The molecule has 0 radical (unpaired) electrons. The Morgan fingerprint density at radius 1 is 1.00 bits per heavy atom. The molecule has 0 unspecified atom stereocenters. The molecule has 0 atom stereocenters. The van der Waals surface area contributed by atoms with Gasteiger partial charge in [0.2, 0.25) is 0 Å². The molecule has 3 heteroatoms. The summed E-state index contributed by atoms with van der Waals surface area (Å²) in [6.07, 6.45) is 0.614. The summed E-state index contributed by atoms with van der Waals surface area (Å²) in [6.45, 7) is 1.87. The first-order chi connectivity index (χ1) is 9.61. The highest BCUT2D eigenvalue weighted by Gasteiger charge is 2.32. The first-order valence-corrected chi connectivity index (χ1v) is 7.43. The number of aliphatic hydroxyl groups excluding tert-OH is 2. The number of hydrogen-bond donors (Lipinski definition) is 2. The monoisotopic (exact) mass is 334 g/mol. The highest BCUT2D eigenvalue weighted by atomic mass is 79.9. The van der Waals surface area contributed by atoms with E-state index in [0.717, 1.165) is 15.6 Å². The van der Waals surface area contributed by atoms with Gasteiger partial charge in [0.15, 0.2) is 0 Å². The average molecular weight is 335 g/mol. The zero-order valence-electron chi connectivity index (χ0n) is 11.5. The molecule has 2 aromatic carbocycles. The highest BCUT2D eigenvalue weighted by molar-refractivity contribution is 9.10. The third kappa shape index (κ3) is 3.11. The second-order valence-electron chi connectivity index (χ2n) is 5.21. The number of benzene rings is 2. The van der Waals surface area contributed by atoms with Gasteiger partial charge in [-0.1, -0.05) is 52.3 Å². The molecular weight excluding hydrogens is 316 g/mol. The Morgan fingerprint density at radius 2 is 1.70 bits per heavy atom. The van der Waals surface area contributed by atoms with Gasteiger partial charge in [-0.3, -0.25) is 0 Å². The Kier molecular flexibility index (Phi) is 4.97. The minimum Gasteiger partial charge on any atom is -0.395 e.